The lowest BCUT2D eigenvalue weighted by Gasteiger charge is -2.27. The third-order valence-electron chi connectivity index (χ3n) is 4.39. The number of benzene rings is 1. The highest BCUT2D eigenvalue weighted by atomic mass is 19.4. The molecule has 1 amide bonds. The Balaban J connectivity index is 2.35. The van der Waals surface area contributed by atoms with Gasteiger partial charge in [0.15, 0.2) is 0 Å². The second kappa shape index (κ2) is 7.80. The van der Waals surface area contributed by atoms with Crippen LogP contribution in [0.2, 0.25) is 0 Å². The molecule has 1 aliphatic carbocycles. The molecule has 2 rings (SSSR count). The first-order chi connectivity index (χ1) is 12.8. The fourth-order valence-electron chi connectivity index (χ4n) is 3.03. The van der Waals surface area contributed by atoms with Gasteiger partial charge in [0.25, 0.3) is 5.91 Å². The van der Waals surface area contributed by atoms with E-state index >= 15 is 0 Å². The molecule has 0 spiro atoms. The van der Waals surface area contributed by atoms with Crippen LogP contribution in [-0.2, 0) is 21.9 Å². The molecule has 11 heteroatoms. The second-order valence-electron chi connectivity index (χ2n) is 6.48. The lowest BCUT2D eigenvalue weighted by atomic mass is 9.83. The van der Waals surface area contributed by atoms with Crippen molar-refractivity contribution >= 4 is 17.7 Å². The fraction of sp³-hybridized carbons (Fsp3) is 0.471. The number of hydrogen-bond acceptors (Lipinski definition) is 3. The van der Waals surface area contributed by atoms with E-state index in [0.717, 1.165) is 0 Å². The molecule has 0 aliphatic heterocycles. The average Bonchev–Trinajstić information content (AvgIpc) is 2.57. The SMILES string of the molecule is O=C1CCC[C@@H]([C@@H](NC(=O)c2cc(C(F)(F)F)cc(C(F)(F)F)c2)C(=O)O)C1. The molecular formula is C17H15F6NO4. The number of ketones is 1. The number of amides is 1. The molecule has 1 fully saturated rings. The monoisotopic (exact) mass is 411 g/mol. The van der Waals surface area contributed by atoms with Crippen LogP contribution in [0.25, 0.3) is 0 Å². The molecule has 28 heavy (non-hydrogen) atoms. The van der Waals surface area contributed by atoms with Crippen LogP contribution in [-0.4, -0.2) is 28.8 Å². The van der Waals surface area contributed by atoms with Gasteiger partial charge in [-0.3, -0.25) is 9.59 Å². The molecule has 2 N–H and O–H groups in total. The molecule has 0 radical (unpaired) electrons. The first kappa shape index (κ1) is 21.7. The van der Waals surface area contributed by atoms with Gasteiger partial charge in [0.2, 0.25) is 0 Å². The van der Waals surface area contributed by atoms with Crippen molar-refractivity contribution in [3.63, 3.8) is 0 Å². The molecule has 154 valence electrons. The number of hydrogen-bond donors (Lipinski definition) is 2. The van der Waals surface area contributed by atoms with Crippen LogP contribution < -0.4 is 5.32 Å². The van der Waals surface area contributed by atoms with Gasteiger partial charge in [-0.05, 0) is 37.0 Å². The van der Waals surface area contributed by atoms with Crippen molar-refractivity contribution in [2.45, 2.75) is 44.1 Å². The first-order valence-electron chi connectivity index (χ1n) is 8.14. The minimum absolute atomic E-state index is 0.134. The van der Waals surface area contributed by atoms with Gasteiger partial charge in [-0.25, -0.2) is 4.79 Å². The highest BCUT2D eigenvalue weighted by Gasteiger charge is 2.38. The molecule has 1 aromatic rings. The van der Waals surface area contributed by atoms with Crippen molar-refractivity contribution in [1.29, 1.82) is 0 Å². The molecule has 0 unspecified atom stereocenters. The number of aliphatic carboxylic acids is 1. The summed E-state index contributed by atoms with van der Waals surface area (Å²) in [6.07, 6.45) is -9.52. The Kier molecular flexibility index (Phi) is 6.05. The Bertz CT molecular complexity index is 755. The van der Waals surface area contributed by atoms with E-state index in [2.05, 4.69) is 0 Å². The normalized spacial score (nSPS) is 19.2. The van der Waals surface area contributed by atoms with Gasteiger partial charge in [0.1, 0.15) is 11.8 Å². The number of carboxylic acid groups (broad SMARTS) is 1. The number of carbonyl (C=O) groups excluding carboxylic acids is 2. The maximum Gasteiger partial charge on any atom is 0.416 e. The summed E-state index contributed by atoms with van der Waals surface area (Å²) in [6.45, 7) is 0. The predicted molar refractivity (Wildman–Crippen MR) is 82.3 cm³/mol. The minimum Gasteiger partial charge on any atom is -0.480 e. The molecular weight excluding hydrogens is 396 g/mol. The van der Waals surface area contributed by atoms with E-state index in [-0.39, 0.29) is 43.2 Å². The molecule has 0 bridgehead atoms. The van der Waals surface area contributed by atoms with Gasteiger partial charge in [-0.15, -0.1) is 0 Å². The zero-order chi connectivity index (χ0) is 21.3. The Hall–Kier alpha value is -2.59. The predicted octanol–water partition coefficient (Wildman–Crippen LogP) is 3.67. The summed E-state index contributed by atoms with van der Waals surface area (Å²) in [4.78, 5) is 35.2. The third-order valence-corrected chi connectivity index (χ3v) is 4.39. The second-order valence-corrected chi connectivity index (χ2v) is 6.48. The maximum absolute atomic E-state index is 12.9. The number of alkyl halides is 6. The number of carbonyl (C=O) groups is 3. The zero-order valence-corrected chi connectivity index (χ0v) is 14.2. The van der Waals surface area contributed by atoms with Crippen molar-refractivity contribution < 1.29 is 45.8 Å². The summed E-state index contributed by atoms with van der Waals surface area (Å²) in [7, 11) is 0. The molecule has 0 saturated heterocycles. The summed E-state index contributed by atoms with van der Waals surface area (Å²) < 4.78 is 77.4. The molecule has 0 heterocycles. The lowest BCUT2D eigenvalue weighted by molar-refractivity contribution is -0.144. The summed E-state index contributed by atoms with van der Waals surface area (Å²) in [5.74, 6) is -3.95. The van der Waals surface area contributed by atoms with Crippen molar-refractivity contribution in [3.05, 3.63) is 34.9 Å². The van der Waals surface area contributed by atoms with Crippen LogP contribution in [0.5, 0.6) is 0 Å². The molecule has 1 saturated carbocycles. The summed E-state index contributed by atoms with van der Waals surface area (Å²) >= 11 is 0. The topological polar surface area (TPSA) is 83.5 Å². The van der Waals surface area contributed by atoms with E-state index < -0.39 is 52.9 Å². The highest BCUT2D eigenvalue weighted by Crippen LogP contribution is 2.36. The van der Waals surface area contributed by atoms with Crippen molar-refractivity contribution in [2.24, 2.45) is 5.92 Å². The van der Waals surface area contributed by atoms with Crippen LogP contribution >= 0.6 is 0 Å². The van der Waals surface area contributed by atoms with Crippen LogP contribution in [0.15, 0.2) is 18.2 Å². The Morgan fingerprint density at radius 2 is 1.57 bits per heavy atom. The number of nitrogens with one attached hydrogen (secondary N) is 1. The smallest absolute Gasteiger partial charge is 0.416 e. The Morgan fingerprint density at radius 1 is 1.04 bits per heavy atom. The van der Waals surface area contributed by atoms with Gasteiger partial charge >= 0.3 is 18.3 Å². The first-order valence-corrected chi connectivity index (χ1v) is 8.14. The van der Waals surface area contributed by atoms with Crippen molar-refractivity contribution in [3.8, 4) is 0 Å². The van der Waals surface area contributed by atoms with Gasteiger partial charge in [-0.1, -0.05) is 0 Å². The Labute approximate surface area is 154 Å². The van der Waals surface area contributed by atoms with Crippen LogP contribution in [0.4, 0.5) is 26.3 Å². The molecule has 1 aliphatic rings. The van der Waals surface area contributed by atoms with E-state index in [1.54, 1.807) is 0 Å². The summed E-state index contributed by atoms with van der Waals surface area (Å²) in [5, 5.41) is 11.2. The van der Waals surface area contributed by atoms with Crippen molar-refractivity contribution in [1.82, 2.24) is 5.32 Å². The third kappa shape index (κ3) is 5.23. The van der Waals surface area contributed by atoms with Gasteiger partial charge in [0.05, 0.1) is 11.1 Å². The van der Waals surface area contributed by atoms with E-state index in [1.807, 2.05) is 5.32 Å². The van der Waals surface area contributed by atoms with E-state index in [1.165, 1.54) is 0 Å². The van der Waals surface area contributed by atoms with Gasteiger partial charge in [-0.2, -0.15) is 26.3 Å². The molecule has 1 aromatic carbocycles. The van der Waals surface area contributed by atoms with Crippen LogP contribution in [0, 0.1) is 5.92 Å². The minimum atomic E-state index is -5.14. The lowest BCUT2D eigenvalue weighted by Crippen LogP contribution is -2.47. The molecule has 0 aromatic heterocycles. The maximum atomic E-state index is 12.9. The largest absolute Gasteiger partial charge is 0.480 e. The quantitative estimate of drug-likeness (QED) is 0.741. The number of rotatable bonds is 4. The molecule has 2 atom stereocenters. The van der Waals surface area contributed by atoms with Crippen molar-refractivity contribution in [2.75, 3.05) is 0 Å². The highest BCUT2D eigenvalue weighted by molar-refractivity contribution is 5.97. The number of carboxylic acids is 1. The average molecular weight is 411 g/mol. The summed E-state index contributed by atoms with van der Waals surface area (Å²) in [5.41, 5.74) is -4.35. The summed E-state index contributed by atoms with van der Waals surface area (Å²) in [6, 6.07) is -1.31. The number of Topliss-reactive ketones (excluding diaryl/α,β-unsaturated/α-hetero) is 1. The van der Waals surface area contributed by atoms with Gasteiger partial charge < -0.3 is 10.4 Å². The van der Waals surface area contributed by atoms with E-state index in [9.17, 15) is 45.8 Å². The molecule has 5 nitrogen and oxygen atoms in total. The van der Waals surface area contributed by atoms with E-state index in [0.29, 0.717) is 6.42 Å². The standard InChI is InChI=1S/C17H15F6NO4/c18-16(19,20)10-4-9(5-11(7-10)17(21,22)23)14(26)24-13(15(27)28)8-2-1-3-12(25)6-8/h4-5,7-8,13H,1-3,6H2,(H,24,26)(H,27,28)/t8-,13-/m1/s1. The van der Waals surface area contributed by atoms with E-state index in [4.69, 9.17) is 0 Å². The zero-order valence-electron chi connectivity index (χ0n) is 14.2. The Morgan fingerprint density at radius 3 is 2.00 bits per heavy atom. The number of halogens is 6. The van der Waals surface area contributed by atoms with Crippen LogP contribution in [0.3, 0.4) is 0 Å². The van der Waals surface area contributed by atoms with Crippen LogP contribution in [0.1, 0.15) is 47.2 Å². The van der Waals surface area contributed by atoms with Gasteiger partial charge in [0, 0.05) is 18.4 Å². The fourth-order valence-corrected chi connectivity index (χ4v) is 3.03.